The van der Waals surface area contributed by atoms with Crippen LogP contribution in [0.2, 0.25) is 0 Å². The maximum atomic E-state index is 12.7. The van der Waals surface area contributed by atoms with E-state index in [4.69, 9.17) is 0 Å². The molecule has 1 aromatic heterocycles. The first kappa shape index (κ1) is 19.3. The molecule has 1 aliphatic heterocycles. The lowest BCUT2D eigenvalue weighted by molar-refractivity contribution is -0.122. The van der Waals surface area contributed by atoms with Crippen LogP contribution in [0.5, 0.6) is 0 Å². The van der Waals surface area contributed by atoms with Crippen LogP contribution in [0.4, 0.5) is 10.8 Å². The van der Waals surface area contributed by atoms with E-state index in [9.17, 15) is 9.59 Å². The van der Waals surface area contributed by atoms with Gasteiger partial charge in [0.15, 0.2) is 0 Å². The van der Waals surface area contributed by atoms with Crippen molar-refractivity contribution in [2.24, 2.45) is 5.92 Å². The van der Waals surface area contributed by atoms with E-state index in [1.54, 1.807) is 4.90 Å². The van der Waals surface area contributed by atoms with Crippen LogP contribution in [0.1, 0.15) is 28.1 Å². The third-order valence-corrected chi connectivity index (χ3v) is 6.10. The molecule has 7 heteroatoms. The van der Waals surface area contributed by atoms with Crippen molar-refractivity contribution in [3.63, 3.8) is 0 Å². The van der Waals surface area contributed by atoms with Gasteiger partial charge in [0.2, 0.25) is 16.9 Å². The van der Waals surface area contributed by atoms with Crippen molar-refractivity contribution in [1.29, 1.82) is 0 Å². The predicted octanol–water partition coefficient (Wildman–Crippen LogP) is 3.74. The van der Waals surface area contributed by atoms with Gasteiger partial charge in [-0.05, 0) is 36.6 Å². The largest absolute Gasteiger partial charge is 0.311 e. The second kappa shape index (κ2) is 8.13. The van der Waals surface area contributed by atoms with Gasteiger partial charge < -0.3 is 10.2 Å². The smallest absolute Gasteiger partial charge is 0.231 e. The fraction of sp³-hybridized carbons (Fsp3) is 0.273. The molecule has 2 aromatic carbocycles. The normalized spacial score (nSPS) is 16.3. The molecule has 2 heterocycles. The van der Waals surface area contributed by atoms with Gasteiger partial charge in [-0.1, -0.05) is 53.8 Å². The molecule has 1 saturated heterocycles. The lowest BCUT2D eigenvalue weighted by Crippen LogP contribution is -2.28. The first-order valence-electron chi connectivity index (χ1n) is 9.55. The number of rotatable bonds is 5. The molecule has 1 unspecified atom stereocenters. The molecule has 0 aliphatic carbocycles. The van der Waals surface area contributed by atoms with Gasteiger partial charge >= 0.3 is 0 Å². The second-order valence-electron chi connectivity index (χ2n) is 7.28. The summed E-state index contributed by atoms with van der Waals surface area (Å²) in [5.74, 6) is -0.613. The number of carbonyl (C=O) groups is 2. The van der Waals surface area contributed by atoms with Crippen LogP contribution in [0.15, 0.2) is 48.5 Å². The van der Waals surface area contributed by atoms with E-state index in [0.717, 1.165) is 27.4 Å². The summed E-state index contributed by atoms with van der Waals surface area (Å²) in [5, 5.41) is 12.4. The Bertz CT molecular complexity index is 1050. The highest BCUT2D eigenvalue weighted by atomic mass is 32.1. The quantitative estimate of drug-likeness (QED) is 0.700. The van der Waals surface area contributed by atoms with Gasteiger partial charge in [0.05, 0.1) is 5.92 Å². The van der Waals surface area contributed by atoms with E-state index < -0.39 is 5.92 Å². The summed E-state index contributed by atoms with van der Waals surface area (Å²) < 4.78 is 0. The van der Waals surface area contributed by atoms with Crippen LogP contribution in [0, 0.1) is 19.8 Å². The lowest BCUT2D eigenvalue weighted by Gasteiger charge is -2.20. The predicted molar refractivity (Wildman–Crippen MR) is 114 cm³/mol. The van der Waals surface area contributed by atoms with Crippen LogP contribution < -0.4 is 10.2 Å². The number of aryl methyl sites for hydroxylation is 1. The van der Waals surface area contributed by atoms with Gasteiger partial charge in [-0.15, -0.1) is 10.2 Å². The second-order valence-corrected chi connectivity index (χ2v) is 8.34. The first-order valence-corrected chi connectivity index (χ1v) is 10.4. The highest BCUT2D eigenvalue weighted by Gasteiger charge is 2.36. The van der Waals surface area contributed by atoms with Crippen LogP contribution in [-0.4, -0.2) is 28.6 Å². The topological polar surface area (TPSA) is 75.2 Å². The molecule has 2 amide bonds. The number of anilines is 2. The van der Waals surface area contributed by atoms with Crippen molar-refractivity contribution in [3.8, 4) is 0 Å². The number of nitrogens with one attached hydrogen (secondary N) is 1. The fourth-order valence-electron chi connectivity index (χ4n) is 3.50. The van der Waals surface area contributed by atoms with E-state index in [-0.39, 0.29) is 18.2 Å². The standard InChI is InChI=1S/C22H22N4O2S/c1-14-7-6-10-18(15(14)2)26-13-17(12-20(26)27)21(28)23-22-25-24-19(29-22)11-16-8-4-3-5-9-16/h3-10,17H,11-13H2,1-2H3,(H,23,25,28). The van der Waals surface area contributed by atoms with E-state index in [2.05, 4.69) is 15.5 Å². The molecule has 3 aromatic rings. The fourth-order valence-corrected chi connectivity index (χ4v) is 4.27. The van der Waals surface area contributed by atoms with Crippen molar-refractivity contribution in [2.45, 2.75) is 26.7 Å². The van der Waals surface area contributed by atoms with Crippen LogP contribution in [0.25, 0.3) is 0 Å². The summed E-state index contributed by atoms with van der Waals surface area (Å²) in [6.45, 7) is 4.40. The molecular weight excluding hydrogens is 384 g/mol. The summed E-state index contributed by atoms with van der Waals surface area (Å²) in [4.78, 5) is 27.0. The Morgan fingerprint density at radius 3 is 2.72 bits per heavy atom. The van der Waals surface area contributed by atoms with Gasteiger partial charge in [0, 0.05) is 25.1 Å². The molecule has 0 bridgehead atoms. The highest BCUT2D eigenvalue weighted by molar-refractivity contribution is 7.15. The third kappa shape index (κ3) is 4.19. The molecule has 0 spiro atoms. The summed E-state index contributed by atoms with van der Waals surface area (Å²) >= 11 is 1.36. The van der Waals surface area contributed by atoms with Crippen molar-refractivity contribution in [1.82, 2.24) is 10.2 Å². The van der Waals surface area contributed by atoms with Gasteiger partial charge in [0.25, 0.3) is 0 Å². The minimum atomic E-state index is -0.399. The van der Waals surface area contributed by atoms with Crippen molar-refractivity contribution in [3.05, 3.63) is 70.2 Å². The number of aromatic nitrogens is 2. The molecule has 1 aliphatic rings. The first-order chi connectivity index (χ1) is 14.0. The Morgan fingerprint density at radius 1 is 1.14 bits per heavy atom. The molecular formula is C22H22N4O2S. The van der Waals surface area contributed by atoms with Gasteiger partial charge in [-0.3, -0.25) is 9.59 Å². The number of hydrogen-bond donors (Lipinski definition) is 1. The lowest BCUT2D eigenvalue weighted by atomic mass is 10.1. The Labute approximate surface area is 173 Å². The van der Waals surface area contributed by atoms with Crippen molar-refractivity contribution < 1.29 is 9.59 Å². The number of nitrogens with zero attached hydrogens (tertiary/aromatic N) is 3. The zero-order valence-corrected chi connectivity index (χ0v) is 17.2. The Morgan fingerprint density at radius 2 is 1.93 bits per heavy atom. The Kier molecular flexibility index (Phi) is 5.40. The van der Waals surface area contributed by atoms with E-state index in [1.807, 2.05) is 62.4 Å². The highest BCUT2D eigenvalue weighted by Crippen LogP contribution is 2.30. The summed E-state index contributed by atoms with van der Waals surface area (Å²) in [7, 11) is 0. The minimum absolute atomic E-state index is 0.0270. The minimum Gasteiger partial charge on any atom is -0.311 e. The molecule has 1 fully saturated rings. The summed E-state index contributed by atoms with van der Waals surface area (Å²) in [6, 6.07) is 15.9. The van der Waals surface area contributed by atoms with Gasteiger partial charge in [-0.2, -0.15) is 0 Å². The molecule has 29 heavy (non-hydrogen) atoms. The zero-order chi connectivity index (χ0) is 20.4. The van der Waals surface area contributed by atoms with E-state index in [0.29, 0.717) is 18.1 Å². The van der Waals surface area contributed by atoms with Crippen LogP contribution in [-0.2, 0) is 16.0 Å². The van der Waals surface area contributed by atoms with Crippen LogP contribution >= 0.6 is 11.3 Å². The number of benzene rings is 2. The summed E-state index contributed by atoms with van der Waals surface area (Å²) in [5.41, 5.74) is 4.22. The zero-order valence-electron chi connectivity index (χ0n) is 16.4. The average Bonchev–Trinajstić information content (AvgIpc) is 3.31. The summed E-state index contributed by atoms with van der Waals surface area (Å²) in [6.07, 6.45) is 0.881. The molecule has 1 N–H and O–H groups in total. The molecule has 1 atom stereocenters. The van der Waals surface area contributed by atoms with Gasteiger partial charge in [-0.25, -0.2) is 0 Å². The number of amides is 2. The molecule has 148 valence electrons. The Hall–Kier alpha value is -3.06. The maximum Gasteiger partial charge on any atom is 0.231 e. The van der Waals surface area contributed by atoms with Crippen molar-refractivity contribution >= 4 is 34.0 Å². The molecule has 0 saturated carbocycles. The van der Waals surface area contributed by atoms with Crippen LogP contribution in [0.3, 0.4) is 0 Å². The van der Waals surface area contributed by atoms with E-state index >= 15 is 0 Å². The maximum absolute atomic E-state index is 12.7. The van der Waals surface area contributed by atoms with Gasteiger partial charge in [0.1, 0.15) is 5.01 Å². The molecule has 4 rings (SSSR count). The Balaban J connectivity index is 1.41. The molecule has 0 radical (unpaired) electrons. The monoisotopic (exact) mass is 406 g/mol. The average molecular weight is 407 g/mol. The number of hydrogen-bond acceptors (Lipinski definition) is 5. The van der Waals surface area contributed by atoms with Crippen molar-refractivity contribution in [2.75, 3.05) is 16.8 Å². The molecule has 6 nitrogen and oxygen atoms in total. The SMILES string of the molecule is Cc1cccc(N2CC(C(=O)Nc3nnc(Cc4ccccc4)s3)CC2=O)c1C. The number of carbonyl (C=O) groups excluding carboxylic acids is 2. The third-order valence-electron chi connectivity index (χ3n) is 5.26. The van der Waals surface area contributed by atoms with E-state index in [1.165, 1.54) is 11.3 Å².